The number of carbonyl (C=O) groups is 3. The monoisotopic (exact) mass is 566 g/mol. The van der Waals surface area contributed by atoms with Crippen molar-refractivity contribution in [1.29, 1.82) is 0 Å². The molecule has 1 saturated heterocycles. The second kappa shape index (κ2) is 9.52. The third-order valence-electron chi connectivity index (χ3n) is 9.98. The van der Waals surface area contributed by atoms with Crippen LogP contribution in [0.5, 0.6) is 0 Å². The number of hydrogen-bond acceptors (Lipinski definition) is 5. The van der Waals surface area contributed by atoms with Crippen molar-refractivity contribution in [2.45, 2.75) is 70.1 Å². The molecular formula is C33H34N4O5. The first-order valence-electron chi connectivity index (χ1n) is 15.3. The number of aliphatic hydroxyl groups excluding tert-OH is 1. The summed E-state index contributed by atoms with van der Waals surface area (Å²) in [5, 5.41) is 20.5. The summed E-state index contributed by atoms with van der Waals surface area (Å²) in [4.78, 5) is 44.6. The van der Waals surface area contributed by atoms with Gasteiger partial charge in [0, 0.05) is 49.5 Å². The quantitative estimate of drug-likeness (QED) is 0.345. The second-order valence-corrected chi connectivity index (χ2v) is 12.7. The van der Waals surface area contributed by atoms with Crippen molar-refractivity contribution in [2.75, 3.05) is 13.1 Å². The SMILES string of the molecule is O=C(O)c1cc2c3c(c1)nc(-c1cc4cccc(C5CCN(C(=O)C6CC(O)C6)CC5)c4n1CC1CC1)n3CCC2=O. The van der Waals surface area contributed by atoms with Crippen LogP contribution >= 0.6 is 0 Å². The number of aromatic nitrogens is 3. The molecule has 0 bridgehead atoms. The number of likely N-dealkylation sites (tertiary alicyclic amines) is 1. The molecule has 9 nitrogen and oxygen atoms in total. The van der Waals surface area contributed by atoms with Gasteiger partial charge < -0.3 is 24.2 Å². The first-order chi connectivity index (χ1) is 20.4. The van der Waals surface area contributed by atoms with Crippen molar-refractivity contribution in [3.05, 3.63) is 53.1 Å². The Morgan fingerprint density at radius 1 is 0.976 bits per heavy atom. The predicted molar refractivity (Wildman–Crippen MR) is 157 cm³/mol. The highest BCUT2D eigenvalue weighted by Gasteiger charge is 2.37. The van der Waals surface area contributed by atoms with E-state index in [1.165, 1.54) is 30.0 Å². The number of aryl methyl sites for hydroxylation is 1. The number of aliphatic hydroxyl groups is 1. The maximum absolute atomic E-state index is 12.9. The van der Waals surface area contributed by atoms with Crippen molar-refractivity contribution in [3.8, 4) is 11.5 Å². The van der Waals surface area contributed by atoms with Gasteiger partial charge in [-0.3, -0.25) is 9.59 Å². The summed E-state index contributed by atoms with van der Waals surface area (Å²) in [7, 11) is 0. The molecular weight excluding hydrogens is 532 g/mol. The number of aromatic carboxylic acids is 1. The molecule has 0 spiro atoms. The van der Waals surface area contributed by atoms with Gasteiger partial charge in [-0.2, -0.15) is 0 Å². The highest BCUT2D eigenvalue weighted by Crippen LogP contribution is 2.42. The van der Waals surface area contributed by atoms with Gasteiger partial charge in [-0.1, -0.05) is 18.2 Å². The Hall–Kier alpha value is -3.98. The molecule has 2 aromatic carbocycles. The molecule has 2 aromatic heterocycles. The van der Waals surface area contributed by atoms with Crippen molar-refractivity contribution >= 4 is 39.6 Å². The fraction of sp³-hybridized carbons (Fsp3) is 0.455. The lowest BCUT2D eigenvalue weighted by molar-refractivity contribution is -0.143. The van der Waals surface area contributed by atoms with Crippen molar-refractivity contribution in [1.82, 2.24) is 19.0 Å². The Balaban J connectivity index is 1.20. The summed E-state index contributed by atoms with van der Waals surface area (Å²) in [5.41, 5.74) is 5.35. The van der Waals surface area contributed by atoms with Crippen LogP contribution < -0.4 is 0 Å². The standard InChI is InChI=1S/C33H34N4O5/c38-23-12-21(13-23)32(40)35-9-6-19(7-10-35)24-3-1-2-20-16-27(37(29(20)24)17-18-4-5-18)31-34-26-15-22(33(41)42)14-25-28(39)8-11-36(31)30(25)26/h1-3,14-16,18-19,21,23,38H,4-13,17H2,(H,41,42). The zero-order chi connectivity index (χ0) is 28.7. The molecule has 8 rings (SSSR count). The lowest BCUT2D eigenvalue weighted by atomic mass is 9.80. The van der Waals surface area contributed by atoms with Crippen LogP contribution in [0.15, 0.2) is 36.4 Å². The topological polar surface area (TPSA) is 118 Å². The summed E-state index contributed by atoms with van der Waals surface area (Å²) < 4.78 is 4.53. The van der Waals surface area contributed by atoms with Crippen LogP contribution in [0.3, 0.4) is 0 Å². The molecule has 0 atom stereocenters. The number of Topliss-reactive ketones (excluding diaryl/α,β-unsaturated/α-hetero) is 1. The zero-order valence-electron chi connectivity index (χ0n) is 23.5. The van der Waals surface area contributed by atoms with E-state index in [2.05, 4.69) is 33.4 Å². The molecule has 9 heteroatoms. The third kappa shape index (κ3) is 4.08. The van der Waals surface area contributed by atoms with E-state index in [0.29, 0.717) is 48.7 Å². The number of carboxylic acid groups (broad SMARTS) is 1. The molecule has 0 radical (unpaired) electrons. The van der Waals surface area contributed by atoms with Crippen LogP contribution in [0.1, 0.15) is 77.1 Å². The molecule has 2 aliphatic carbocycles. The van der Waals surface area contributed by atoms with Crippen LogP contribution in [-0.2, 0) is 17.9 Å². The number of carboxylic acids is 1. The summed E-state index contributed by atoms with van der Waals surface area (Å²) in [6, 6.07) is 11.8. The van der Waals surface area contributed by atoms with E-state index >= 15 is 0 Å². The van der Waals surface area contributed by atoms with E-state index < -0.39 is 5.97 Å². The second-order valence-electron chi connectivity index (χ2n) is 12.7. The molecule has 0 unspecified atom stereocenters. The van der Waals surface area contributed by atoms with Gasteiger partial charge in [0.1, 0.15) is 0 Å². The maximum Gasteiger partial charge on any atom is 0.335 e. The van der Waals surface area contributed by atoms with E-state index in [4.69, 9.17) is 4.98 Å². The number of rotatable bonds is 6. The van der Waals surface area contributed by atoms with Gasteiger partial charge in [-0.05, 0) is 74.1 Å². The molecule has 4 heterocycles. The zero-order valence-corrected chi connectivity index (χ0v) is 23.5. The average molecular weight is 567 g/mol. The van der Waals surface area contributed by atoms with Crippen molar-refractivity contribution in [3.63, 3.8) is 0 Å². The minimum Gasteiger partial charge on any atom is -0.478 e. The maximum atomic E-state index is 12.9. The van der Waals surface area contributed by atoms with Crippen LogP contribution in [-0.4, -0.2) is 66.1 Å². The average Bonchev–Trinajstić information content (AvgIpc) is 3.62. The third-order valence-corrected chi connectivity index (χ3v) is 9.98. The summed E-state index contributed by atoms with van der Waals surface area (Å²) in [6.07, 6.45) is 5.40. The van der Waals surface area contributed by atoms with Gasteiger partial charge in [-0.15, -0.1) is 0 Å². The summed E-state index contributed by atoms with van der Waals surface area (Å²) >= 11 is 0. The highest BCUT2D eigenvalue weighted by molar-refractivity contribution is 6.10. The number of amides is 1. The Kier molecular flexibility index (Phi) is 5.83. The molecule has 4 aliphatic rings. The molecule has 4 aromatic rings. The first-order valence-corrected chi connectivity index (χ1v) is 15.3. The summed E-state index contributed by atoms with van der Waals surface area (Å²) in [5.74, 6) is 0.811. The molecule has 1 amide bonds. The minimum atomic E-state index is -1.06. The van der Waals surface area contributed by atoms with Gasteiger partial charge in [-0.25, -0.2) is 9.78 Å². The minimum absolute atomic E-state index is 0.0215. The van der Waals surface area contributed by atoms with Crippen LogP contribution in [0.25, 0.3) is 33.5 Å². The fourth-order valence-corrected chi connectivity index (χ4v) is 7.44. The Morgan fingerprint density at radius 2 is 1.76 bits per heavy atom. The van der Waals surface area contributed by atoms with Crippen LogP contribution in [0.2, 0.25) is 0 Å². The van der Waals surface area contributed by atoms with Crippen LogP contribution in [0.4, 0.5) is 0 Å². The number of para-hydroxylation sites is 1. The Labute approximate surface area is 242 Å². The van der Waals surface area contributed by atoms with Crippen LogP contribution in [0, 0.1) is 11.8 Å². The molecule has 3 fully saturated rings. The number of piperidine rings is 1. The van der Waals surface area contributed by atoms with E-state index in [0.717, 1.165) is 54.9 Å². The lowest BCUT2D eigenvalue weighted by Gasteiger charge is -2.38. The molecule has 2 saturated carbocycles. The number of imidazole rings is 1. The number of benzene rings is 2. The number of nitrogens with zero attached hydrogens (tertiary/aromatic N) is 4. The van der Waals surface area contributed by atoms with Crippen molar-refractivity contribution in [2.24, 2.45) is 11.8 Å². The van der Waals surface area contributed by atoms with Gasteiger partial charge in [0.2, 0.25) is 5.91 Å². The number of ketones is 1. The van der Waals surface area contributed by atoms with Crippen molar-refractivity contribution < 1.29 is 24.6 Å². The molecule has 2 N–H and O–H groups in total. The largest absolute Gasteiger partial charge is 0.478 e. The van der Waals surface area contributed by atoms with Gasteiger partial charge in [0.15, 0.2) is 11.6 Å². The number of carbonyl (C=O) groups excluding carboxylic acids is 2. The van der Waals surface area contributed by atoms with E-state index in [1.807, 2.05) is 4.90 Å². The summed E-state index contributed by atoms with van der Waals surface area (Å²) in [6.45, 7) is 2.89. The van der Waals surface area contributed by atoms with E-state index in [1.54, 1.807) is 6.07 Å². The van der Waals surface area contributed by atoms with Gasteiger partial charge >= 0.3 is 5.97 Å². The number of fused-ring (bicyclic) bond motifs is 1. The van der Waals surface area contributed by atoms with Gasteiger partial charge in [0.05, 0.1) is 33.9 Å². The molecule has 216 valence electrons. The fourth-order valence-electron chi connectivity index (χ4n) is 7.44. The highest BCUT2D eigenvalue weighted by atomic mass is 16.4. The number of hydrogen-bond donors (Lipinski definition) is 2. The Bertz CT molecular complexity index is 1780. The van der Waals surface area contributed by atoms with Gasteiger partial charge in [0.25, 0.3) is 0 Å². The van der Waals surface area contributed by atoms with E-state index in [-0.39, 0.29) is 29.3 Å². The molecule has 42 heavy (non-hydrogen) atoms. The lowest BCUT2D eigenvalue weighted by Crippen LogP contribution is -2.46. The smallest absolute Gasteiger partial charge is 0.335 e. The predicted octanol–water partition coefficient (Wildman–Crippen LogP) is 4.83. The Morgan fingerprint density at radius 3 is 2.48 bits per heavy atom. The molecule has 2 aliphatic heterocycles. The van der Waals surface area contributed by atoms with E-state index in [9.17, 15) is 24.6 Å². The first kappa shape index (κ1) is 25.7. The normalized spacial score (nSPS) is 22.6.